The maximum Gasteiger partial charge on any atom is 0.345 e. The third-order valence-electron chi connectivity index (χ3n) is 3.34. The molecular formula is C15H21O7P. The van der Waals surface area contributed by atoms with E-state index in [0.29, 0.717) is 11.5 Å². The molecule has 128 valence electrons. The summed E-state index contributed by atoms with van der Waals surface area (Å²) in [6.07, 6.45) is 0.153. The highest BCUT2D eigenvalue weighted by Gasteiger charge is 2.42. The highest BCUT2D eigenvalue weighted by molar-refractivity contribution is 7.55. The third kappa shape index (κ3) is 4.05. The van der Waals surface area contributed by atoms with Gasteiger partial charge in [0.2, 0.25) is 6.79 Å². The van der Waals surface area contributed by atoms with Crippen molar-refractivity contribution in [1.29, 1.82) is 0 Å². The van der Waals surface area contributed by atoms with Crippen molar-refractivity contribution in [2.75, 3.05) is 27.1 Å². The topological polar surface area (TPSA) is 80.3 Å². The molecule has 1 unspecified atom stereocenters. The molecule has 1 aromatic rings. The fourth-order valence-electron chi connectivity index (χ4n) is 2.33. The first-order valence-electron chi connectivity index (χ1n) is 7.39. The highest BCUT2D eigenvalue weighted by Crippen LogP contribution is 2.54. The van der Waals surface area contributed by atoms with Gasteiger partial charge < -0.3 is 23.3 Å². The summed E-state index contributed by atoms with van der Waals surface area (Å²) >= 11 is 0. The summed E-state index contributed by atoms with van der Waals surface area (Å²) in [7, 11) is -2.39. The van der Waals surface area contributed by atoms with E-state index in [1.54, 1.807) is 32.0 Å². The molecule has 1 aliphatic rings. The SMILES string of the molecule is CCOP(=O)(OCC)C(Cc1ccc2c(c1)OCO2)C(=O)OC. The van der Waals surface area contributed by atoms with Crippen molar-refractivity contribution < 1.29 is 32.6 Å². The maximum atomic E-state index is 13.0. The molecule has 1 aromatic carbocycles. The molecule has 1 atom stereocenters. The second kappa shape index (κ2) is 7.81. The third-order valence-corrected chi connectivity index (χ3v) is 5.73. The lowest BCUT2D eigenvalue weighted by molar-refractivity contribution is -0.140. The van der Waals surface area contributed by atoms with Gasteiger partial charge in [0.05, 0.1) is 20.3 Å². The Bertz CT molecular complexity index is 591. The van der Waals surface area contributed by atoms with Crippen LogP contribution in [0.3, 0.4) is 0 Å². The van der Waals surface area contributed by atoms with Gasteiger partial charge in [0.25, 0.3) is 0 Å². The van der Waals surface area contributed by atoms with Crippen molar-refractivity contribution in [3.8, 4) is 11.5 Å². The van der Waals surface area contributed by atoms with Crippen LogP contribution in [-0.2, 0) is 29.6 Å². The first kappa shape index (κ1) is 17.8. The average Bonchev–Trinajstić information content (AvgIpc) is 3.00. The zero-order valence-electron chi connectivity index (χ0n) is 13.4. The lowest BCUT2D eigenvalue weighted by atomic mass is 10.1. The lowest BCUT2D eigenvalue weighted by Gasteiger charge is -2.24. The molecule has 23 heavy (non-hydrogen) atoms. The van der Waals surface area contributed by atoms with Crippen molar-refractivity contribution in [2.45, 2.75) is 25.9 Å². The van der Waals surface area contributed by atoms with Crippen molar-refractivity contribution in [3.63, 3.8) is 0 Å². The largest absolute Gasteiger partial charge is 0.468 e. The van der Waals surface area contributed by atoms with E-state index in [4.69, 9.17) is 23.3 Å². The Kier molecular flexibility index (Phi) is 6.04. The minimum Gasteiger partial charge on any atom is -0.468 e. The molecule has 0 N–H and O–H groups in total. The van der Waals surface area contributed by atoms with Crippen molar-refractivity contribution in [2.24, 2.45) is 0 Å². The summed E-state index contributed by atoms with van der Waals surface area (Å²) in [5.74, 6) is 0.600. The minimum atomic E-state index is -3.63. The molecule has 0 aliphatic carbocycles. The number of fused-ring (bicyclic) bond motifs is 1. The Hall–Kier alpha value is -1.56. The lowest BCUT2D eigenvalue weighted by Crippen LogP contribution is -2.27. The van der Waals surface area contributed by atoms with E-state index in [-0.39, 0.29) is 26.4 Å². The molecule has 0 saturated heterocycles. The maximum absolute atomic E-state index is 13.0. The van der Waals surface area contributed by atoms with Gasteiger partial charge >= 0.3 is 13.6 Å². The van der Waals surface area contributed by atoms with E-state index in [2.05, 4.69) is 0 Å². The van der Waals surface area contributed by atoms with Crippen LogP contribution in [-0.4, -0.2) is 38.7 Å². The summed E-state index contributed by atoms with van der Waals surface area (Å²) in [6.45, 7) is 3.90. The normalized spacial score (nSPS) is 14.6. The van der Waals surface area contributed by atoms with Crippen LogP contribution in [0.1, 0.15) is 19.4 Å². The van der Waals surface area contributed by atoms with Crippen LogP contribution in [0.4, 0.5) is 0 Å². The minimum absolute atomic E-state index is 0.153. The molecule has 1 heterocycles. The molecule has 0 aromatic heterocycles. The van der Waals surface area contributed by atoms with Crippen molar-refractivity contribution >= 4 is 13.6 Å². The number of hydrogen-bond acceptors (Lipinski definition) is 7. The quantitative estimate of drug-likeness (QED) is 0.530. The van der Waals surface area contributed by atoms with E-state index >= 15 is 0 Å². The summed E-state index contributed by atoms with van der Waals surface area (Å²) in [5.41, 5.74) is -0.281. The van der Waals surface area contributed by atoms with Crippen LogP contribution in [0.15, 0.2) is 18.2 Å². The monoisotopic (exact) mass is 344 g/mol. The Morgan fingerprint density at radius 2 is 1.87 bits per heavy atom. The number of esters is 1. The van der Waals surface area contributed by atoms with E-state index in [1.165, 1.54) is 7.11 Å². The smallest absolute Gasteiger partial charge is 0.345 e. The number of rotatable bonds is 8. The zero-order valence-corrected chi connectivity index (χ0v) is 14.3. The van der Waals surface area contributed by atoms with Crippen LogP contribution in [0, 0.1) is 0 Å². The van der Waals surface area contributed by atoms with E-state index in [1.807, 2.05) is 0 Å². The molecule has 0 fully saturated rings. The standard InChI is InChI=1S/C15H21O7P/c1-4-21-23(17,22-5-2)14(15(16)18-3)9-11-6-7-12-13(8-11)20-10-19-12/h6-8,14H,4-5,9-10H2,1-3H3. The fraction of sp³-hybridized carbons (Fsp3) is 0.533. The number of hydrogen-bond donors (Lipinski definition) is 0. The first-order chi connectivity index (χ1) is 11.0. The zero-order chi connectivity index (χ0) is 16.9. The average molecular weight is 344 g/mol. The van der Waals surface area contributed by atoms with Crippen LogP contribution >= 0.6 is 7.60 Å². The van der Waals surface area contributed by atoms with Gasteiger partial charge in [0.1, 0.15) is 0 Å². The van der Waals surface area contributed by atoms with Crippen LogP contribution < -0.4 is 9.47 Å². The van der Waals surface area contributed by atoms with E-state index in [0.717, 1.165) is 5.56 Å². The molecule has 0 radical (unpaired) electrons. The molecule has 0 amide bonds. The Morgan fingerprint density at radius 1 is 1.22 bits per heavy atom. The first-order valence-corrected chi connectivity index (χ1v) is 9.00. The number of benzene rings is 1. The second-order valence-electron chi connectivity index (χ2n) is 4.81. The molecule has 0 saturated carbocycles. The summed E-state index contributed by atoms with van der Waals surface area (Å²) in [4.78, 5) is 12.1. The summed E-state index contributed by atoms with van der Waals surface area (Å²) in [6, 6.07) is 5.28. The van der Waals surface area contributed by atoms with Gasteiger partial charge in [-0.1, -0.05) is 6.07 Å². The van der Waals surface area contributed by atoms with Crippen molar-refractivity contribution in [1.82, 2.24) is 0 Å². The van der Waals surface area contributed by atoms with Gasteiger partial charge in [-0.3, -0.25) is 9.36 Å². The summed E-state index contributed by atoms with van der Waals surface area (Å²) in [5, 5.41) is 0. The van der Waals surface area contributed by atoms with Gasteiger partial charge in [0.15, 0.2) is 17.2 Å². The van der Waals surface area contributed by atoms with Gasteiger partial charge in [-0.05, 0) is 38.0 Å². The van der Waals surface area contributed by atoms with Gasteiger partial charge in [-0.2, -0.15) is 0 Å². The molecule has 8 heteroatoms. The Balaban J connectivity index is 2.28. The highest BCUT2D eigenvalue weighted by atomic mass is 31.2. The second-order valence-corrected chi connectivity index (χ2v) is 7.03. The predicted octanol–water partition coefficient (Wildman–Crippen LogP) is 2.77. The number of carbonyl (C=O) groups excluding carboxylic acids is 1. The Labute approximate surface area is 135 Å². The fourth-order valence-corrected chi connectivity index (χ4v) is 4.28. The molecule has 0 spiro atoms. The predicted molar refractivity (Wildman–Crippen MR) is 82.9 cm³/mol. The van der Waals surface area contributed by atoms with Gasteiger partial charge in [-0.25, -0.2) is 0 Å². The van der Waals surface area contributed by atoms with Crippen LogP contribution in [0.2, 0.25) is 0 Å². The van der Waals surface area contributed by atoms with Gasteiger partial charge in [-0.15, -0.1) is 0 Å². The van der Waals surface area contributed by atoms with E-state index in [9.17, 15) is 9.36 Å². The summed E-state index contributed by atoms with van der Waals surface area (Å²) < 4.78 is 38.9. The number of methoxy groups -OCH3 is 1. The van der Waals surface area contributed by atoms with Gasteiger partial charge in [0, 0.05) is 0 Å². The van der Waals surface area contributed by atoms with Crippen LogP contribution in [0.25, 0.3) is 0 Å². The van der Waals surface area contributed by atoms with E-state index < -0.39 is 19.2 Å². The molecule has 2 rings (SSSR count). The molecular weight excluding hydrogens is 323 g/mol. The van der Waals surface area contributed by atoms with Crippen molar-refractivity contribution in [3.05, 3.63) is 23.8 Å². The van der Waals surface area contributed by atoms with Crippen LogP contribution in [0.5, 0.6) is 11.5 Å². The number of ether oxygens (including phenoxy) is 3. The molecule has 1 aliphatic heterocycles. The molecule has 0 bridgehead atoms. The molecule has 7 nitrogen and oxygen atoms in total. The number of carbonyl (C=O) groups is 1. The Morgan fingerprint density at radius 3 is 2.48 bits per heavy atom.